The third-order valence-electron chi connectivity index (χ3n) is 4.88. The van der Waals surface area contributed by atoms with Gasteiger partial charge in [-0.15, -0.1) is 10.2 Å². The highest BCUT2D eigenvalue weighted by molar-refractivity contribution is 7.15. The maximum Gasteiger partial charge on any atom is 0.257 e. The Bertz CT molecular complexity index is 1020. The summed E-state index contributed by atoms with van der Waals surface area (Å²) in [7, 11) is 0. The highest BCUT2D eigenvalue weighted by Crippen LogP contribution is 2.22. The van der Waals surface area contributed by atoms with E-state index < -0.39 is 0 Å². The molecule has 0 fully saturated rings. The molecule has 1 amide bonds. The fraction of sp³-hybridized carbons (Fsp3) is 0.286. The number of nitrogens with zero attached hydrogens (tertiary/aromatic N) is 2. The van der Waals surface area contributed by atoms with E-state index in [1.165, 1.54) is 33.6 Å². The maximum atomic E-state index is 12.5. The quantitative estimate of drug-likeness (QED) is 0.691. The number of amides is 1. The monoisotopic (exact) mass is 394 g/mol. The topological polar surface area (TPSA) is 76.1 Å². The van der Waals surface area contributed by atoms with E-state index in [9.17, 15) is 4.79 Å². The molecule has 1 aliphatic heterocycles. The molecule has 2 N–H and O–H groups in total. The van der Waals surface area contributed by atoms with Gasteiger partial charge < -0.3 is 10.1 Å². The molecule has 3 aromatic rings. The average molecular weight is 395 g/mol. The minimum absolute atomic E-state index is 0.167. The molecule has 2 aromatic carbocycles. The van der Waals surface area contributed by atoms with Crippen molar-refractivity contribution in [2.75, 3.05) is 11.9 Å². The van der Waals surface area contributed by atoms with Crippen LogP contribution in [0.2, 0.25) is 0 Å². The zero-order valence-electron chi connectivity index (χ0n) is 15.9. The van der Waals surface area contributed by atoms with Crippen LogP contribution in [0.25, 0.3) is 0 Å². The summed E-state index contributed by atoms with van der Waals surface area (Å²) in [5.74, 6) is 0.631. The Morgan fingerprint density at radius 2 is 2.04 bits per heavy atom. The van der Waals surface area contributed by atoms with Crippen LogP contribution in [0.3, 0.4) is 0 Å². The van der Waals surface area contributed by atoms with Gasteiger partial charge in [-0.05, 0) is 73.3 Å². The van der Waals surface area contributed by atoms with Gasteiger partial charge in [0.15, 0.2) is 5.01 Å². The first-order valence-electron chi connectivity index (χ1n) is 9.25. The smallest absolute Gasteiger partial charge is 0.257 e. The van der Waals surface area contributed by atoms with Gasteiger partial charge in [0.05, 0.1) is 0 Å². The van der Waals surface area contributed by atoms with Crippen molar-refractivity contribution in [2.45, 2.75) is 33.4 Å². The lowest BCUT2D eigenvalue weighted by molar-refractivity contribution is 0.102. The SMILES string of the molecule is Cc1ccc(OCc2nnc(NC(=O)c3ccc4c(c3)CCNC4)s2)cc1C. The molecule has 7 heteroatoms. The van der Waals surface area contributed by atoms with Gasteiger partial charge in [-0.3, -0.25) is 10.1 Å². The summed E-state index contributed by atoms with van der Waals surface area (Å²) in [6.45, 7) is 6.24. The van der Waals surface area contributed by atoms with E-state index in [-0.39, 0.29) is 5.91 Å². The summed E-state index contributed by atoms with van der Waals surface area (Å²) in [6, 6.07) is 11.8. The molecule has 1 aromatic heterocycles. The predicted molar refractivity (Wildman–Crippen MR) is 110 cm³/mol. The molecule has 144 valence electrons. The third kappa shape index (κ3) is 4.21. The molecule has 0 spiro atoms. The molecule has 6 nitrogen and oxygen atoms in total. The van der Waals surface area contributed by atoms with Crippen LogP contribution >= 0.6 is 11.3 Å². The Balaban J connectivity index is 1.37. The van der Waals surface area contributed by atoms with Crippen molar-refractivity contribution in [2.24, 2.45) is 0 Å². The van der Waals surface area contributed by atoms with Crippen LogP contribution in [0.5, 0.6) is 5.75 Å². The summed E-state index contributed by atoms with van der Waals surface area (Å²) < 4.78 is 5.78. The molecule has 4 rings (SSSR count). The molecule has 0 saturated carbocycles. The summed E-state index contributed by atoms with van der Waals surface area (Å²) >= 11 is 1.32. The van der Waals surface area contributed by atoms with Gasteiger partial charge >= 0.3 is 0 Å². The number of hydrogen-bond acceptors (Lipinski definition) is 6. The molecule has 1 aliphatic rings. The predicted octanol–water partition coefficient (Wildman–Crippen LogP) is 3.63. The lowest BCUT2D eigenvalue weighted by Crippen LogP contribution is -2.24. The lowest BCUT2D eigenvalue weighted by atomic mass is 9.98. The molecule has 0 unspecified atom stereocenters. The normalized spacial score (nSPS) is 13.1. The molecule has 0 radical (unpaired) electrons. The zero-order valence-corrected chi connectivity index (χ0v) is 16.7. The number of ether oxygens (including phenoxy) is 1. The van der Waals surface area contributed by atoms with E-state index in [1.54, 1.807) is 0 Å². The summed E-state index contributed by atoms with van der Waals surface area (Å²) in [5, 5.41) is 15.5. The van der Waals surface area contributed by atoms with Crippen LogP contribution in [0.1, 0.15) is 37.6 Å². The fourth-order valence-corrected chi connectivity index (χ4v) is 3.75. The minimum Gasteiger partial charge on any atom is -0.486 e. The second-order valence-corrected chi connectivity index (χ2v) is 7.96. The largest absolute Gasteiger partial charge is 0.486 e. The van der Waals surface area contributed by atoms with Crippen LogP contribution in [0.4, 0.5) is 5.13 Å². The maximum absolute atomic E-state index is 12.5. The van der Waals surface area contributed by atoms with Gasteiger partial charge in [0.1, 0.15) is 12.4 Å². The Morgan fingerprint density at radius 3 is 2.89 bits per heavy atom. The van der Waals surface area contributed by atoms with Crippen molar-refractivity contribution in [3.63, 3.8) is 0 Å². The molecule has 0 atom stereocenters. The fourth-order valence-electron chi connectivity index (χ4n) is 3.10. The van der Waals surface area contributed by atoms with E-state index >= 15 is 0 Å². The van der Waals surface area contributed by atoms with E-state index in [2.05, 4.69) is 34.7 Å². The van der Waals surface area contributed by atoms with Gasteiger partial charge in [-0.1, -0.05) is 23.5 Å². The van der Waals surface area contributed by atoms with Crippen LogP contribution < -0.4 is 15.4 Å². The van der Waals surface area contributed by atoms with Gasteiger partial charge in [-0.25, -0.2) is 0 Å². The summed E-state index contributed by atoms with van der Waals surface area (Å²) in [6.07, 6.45) is 0.940. The van der Waals surface area contributed by atoms with E-state index in [0.29, 0.717) is 22.3 Å². The Morgan fingerprint density at radius 1 is 1.14 bits per heavy atom. The van der Waals surface area contributed by atoms with Crippen molar-refractivity contribution in [1.82, 2.24) is 15.5 Å². The second-order valence-electron chi connectivity index (χ2n) is 6.90. The Kier molecular flexibility index (Phi) is 5.36. The molecule has 28 heavy (non-hydrogen) atoms. The number of anilines is 1. The molecular weight excluding hydrogens is 372 g/mol. The number of rotatable bonds is 5. The van der Waals surface area contributed by atoms with Crippen molar-refractivity contribution in [3.05, 3.63) is 69.2 Å². The van der Waals surface area contributed by atoms with E-state index in [1.807, 2.05) is 36.4 Å². The Labute approximate surface area is 168 Å². The number of benzene rings is 2. The number of aryl methyl sites for hydroxylation is 2. The average Bonchev–Trinajstić information content (AvgIpc) is 3.16. The number of aromatic nitrogens is 2. The summed E-state index contributed by atoms with van der Waals surface area (Å²) in [4.78, 5) is 12.5. The number of carbonyl (C=O) groups excluding carboxylic acids is 1. The summed E-state index contributed by atoms with van der Waals surface area (Å²) in [5.41, 5.74) is 5.54. The molecule has 0 aliphatic carbocycles. The van der Waals surface area contributed by atoms with Crippen molar-refractivity contribution in [3.8, 4) is 5.75 Å². The van der Waals surface area contributed by atoms with E-state index in [4.69, 9.17) is 4.74 Å². The number of nitrogens with one attached hydrogen (secondary N) is 2. The van der Waals surface area contributed by atoms with Crippen molar-refractivity contribution in [1.29, 1.82) is 0 Å². The third-order valence-corrected chi connectivity index (χ3v) is 5.70. The first-order valence-corrected chi connectivity index (χ1v) is 10.1. The standard InChI is InChI=1S/C21H22N4O2S/c1-13-3-6-18(9-14(13)2)27-12-19-24-25-21(28-19)23-20(26)16-4-5-17-11-22-8-7-15(17)10-16/h3-6,9-10,22H,7-8,11-12H2,1-2H3,(H,23,25,26). The van der Waals surface area contributed by atoms with Gasteiger partial charge in [-0.2, -0.15) is 0 Å². The van der Waals surface area contributed by atoms with Gasteiger partial charge in [0, 0.05) is 12.1 Å². The van der Waals surface area contributed by atoms with Crippen LogP contribution in [0.15, 0.2) is 36.4 Å². The molecule has 2 heterocycles. The highest BCUT2D eigenvalue weighted by atomic mass is 32.1. The van der Waals surface area contributed by atoms with E-state index in [0.717, 1.165) is 25.3 Å². The lowest BCUT2D eigenvalue weighted by Gasteiger charge is -2.17. The molecule has 0 bridgehead atoms. The number of hydrogen-bond donors (Lipinski definition) is 2. The van der Waals surface area contributed by atoms with Crippen molar-refractivity contribution >= 4 is 22.4 Å². The van der Waals surface area contributed by atoms with Crippen LogP contribution in [-0.2, 0) is 19.6 Å². The van der Waals surface area contributed by atoms with Gasteiger partial charge in [0.2, 0.25) is 5.13 Å². The van der Waals surface area contributed by atoms with Crippen molar-refractivity contribution < 1.29 is 9.53 Å². The molecule has 0 saturated heterocycles. The molecular formula is C21H22N4O2S. The second kappa shape index (κ2) is 8.08. The van der Waals surface area contributed by atoms with Crippen LogP contribution in [0, 0.1) is 13.8 Å². The number of fused-ring (bicyclic) bond motifs is 1. The van der Waals surface area contributed by atoms with Gasteiger partial charge in [0.25, 0.3) is 5.91 Å². The number of carbonyl (C=O) groups is 1. The van der Waals surface area contributed by atoms with Crippen LogP contribution in [-0.4, -0.2) is 22.6 Å². The first-order chi connectivity index (χ1) is 13.6. The Hall–Kier alpha value is -2.77. The highest BCUT2D eigenvalue weighted by Gasteiger charge is 2.14. The first kappa shape index (κ1) is 18.6. The minimum atomic E-state index is -0.167. The zero-order chi connectivity index (χ0) is 19.5.